The van der Waals surface area contributed by atoms with Gasteiger partial charge in [0.2, 0.25) is 0 Å². The quantitative estimate of drug-likeness (QED) is 0.829. The van der Waals surface area contributed by atoms with Crippen molar-refractivity contribution in [2.45, 2.75) is 13.0 Å². The number of alkyl carbamates (subject to hydrolysis) is 1. The second-order valence-electron chi connectivity index (χ2n) is 4.46. The zero-order valence-corrected chi connectivity index (χ0v) is 12.7. The Labute approximate surface area is 134 Å². The van der Waals surface area contributed by atoms with Crippen LogP contribution >= 0.6 is 11.6 Å². The molecule has 0 aliphatic heterocycles. The Morgan fingerprint density at radius 1 is 1.18 bits per heavy atom. The Balaban J connectivity index is 1.61. The number of hydrogen-bond acceptors (Lipinski definition) is 4. The number of aromatic nitrogens is 2. The maximum absolute atomic E-state index is 11.5. The monoisotopic (exact) mass is 317 g/mol. The summed E-state index contributed by atoms with van der Waals surface area (Å²) in [6, 6.07) is 13.0. The average Bonchev–Trinajstić information content (AvgIpc) is 2.55. The van der Waals surface area contributed by atoms with E-state index in [4.69, 9.17) is 16.3 Å². The van der Waals surface area contributed by atoms with Gasteiger partial charge in [0, 0.05) is 6.54 Å². The maximum atomic E-state index is 11.5. The molecule has 22 heavy (non-hydrogen) atoms. The van der Waals surface area contributed by atoms with Gasteiger partial charge < -0.3 is 10.1 Å². The molecular weight excluding hydrogens is 302 g/mol. The smallest absolute Gasteiger partial charge is 0.407 e. The van der Waals surface area contributed by atoms with Gasteiger partial charge in [0.25, 0.3) is 0 Å². The first-order valence-electron chi connectivity index (χ1n) is 6.84. The van der Waals surface area contributed by atoms with Gasteiger partial charge in [0.15, 0.2) is 5.15 Å². The third-order valence-electron chi connectivity index (χ3n) is 2.73. The molecule has 114 valence electrons. The summed E-state index contributed by atoms with van der Waals surface area (Å²) in [6.45, 7) is 0.758. The number of carbonyl (C=O) groups excluding carboxylic acids is 1. The first-order valence-corrected chi connectivity index (χ1v) is 7.22. The van der Waals surface area contributed by atoms with Gasteiger partial charge in [-0.1, -0.05) is 48.0 Å². The van der Waals surface area contributed by atoms with Crippen LogP contribution in [-0.4, -0.2) is 22.8 Å². The first kappa shape index (κ1) is 16.0. The van der Waals surface area contributed by atoms with E-state index in [1.165, 1.54) is 0 Å². The lowest BCUT2D eigenvalue weighted by atomic mass is 10.2. The predicted octanol–water partition coefficient (Wildman–Crippen LogP) is 3.46. The second kappa shape index (κ2) is 8.79. The molecule has 1 aromatic carbocycles. The van der Waals surface area contributed by atoms with Gasteiger partial charge in [0.1, 0.15) is 6.61 Å². The zero-order chi connectivity index (χ0) is 15.6. The van der Waals surface area contributed by atoms with Crippen LogP contribution in [0.4, 0.5) is 4.79 Å². The summed E-state index contributed by atoms with van der Waals surface area (Å²) in [5.74, 6) is 0. The van der Waals surface area contributed by atoms with E-state index in [0.717, 1.165) is 11.3 Å². The molecule has 5 nitrogen and oxygen atoms in total. The molecular formula is C16H16ClN3O2. The van der Waals surface area contributed by atoms with E-state index in [9.17, 15) is 4.79 Å². The molecule has 0 unspecified atom stereocenters. The van der Waals surface area contributed by atoms with Crippen molar-refractivity contribution in [3.8, 4) is 0 Å². The molecule has 2 aromatic rings. The highest BCUT2D eigenvalue weighted by Crippen LogP contribution is 2.04. The van der Waals surface area contributed by atoms with Crippen LogP contribution in [0.1, 0.15) is 17.7 Å². The molecule has 6 heteroatoms. The Morgan fingerprint density at radius 3 is 2.73 bits per heavy atom. The molecule has 0 aliphatic carbocycles. The van der Waals surface area contributed by atoms with Gasteiger partial charge in [-0.25, -0.2) is 4.79 Å². The third-order valence-corrected chi connectivity index (χ3v) is 2.94. The number of halogens is 1. The molecule has 0 saturated carbocycles. The fourth-order valence-electron chi connectivity index (χ4n) is 1.65. The highest BCUT2D eigenvalue weighted by molar-refractivity contribution is 6.29. The van der Waals surface area contributed by atoms with Crippen molar-refractivity contribution in [3.05, 3.63) is 65.0 Å². The minimum Gasteiger partial charge on any atom is -0.445 e. The minimum absolute atomic E-state index is 0.267. The van der Waals surface area contributed by atoms with E-state index in [2.05, 4.69) is 15.5 Å². The van der Waals surface area contributed by atoms with Crippen molar-refractivity contribution in [3.63, 3.8) is 0 Å². The molecule has 0 radical (unpaired) electrons. The summed E-state index contributed by atoms with van der Waals surface area (Å²) in [7, 11) is 0. The van der Waals surface area contributed by atoms with Crippen LogP contribution in [0.25, 0.3) is 6.08 Å². The van der Waals surface area contributed by atoms with Crippen molar-refractivity contribution in [2.24, 2.45) is 0 Å². The highest BCUT2D eigenvalue weighted by atomic mass is 35.5. The topological polar surface area (TPSA) is 64.1 Å². The number of carbonyl (C=O) groups is 1. The molecule has 0 fully saturated rings. The van der Waals surface area contributed by atoms with Crippen LogP contribution in [-0.2, 0) is 11.3 Å². The van der Waals surface area contributed by atoms with Crippen LogP contribution in [0.15, 0.2) is 48.5 Å². The van der Waals surface area contributed by atoms with Crippen molar-refractivity contribution in [1.82, 2.24) is 15.5 Å². The Bertz CT molecular complexity index is 615. The molecule has 0 saturated heterocycles. The Kier molecular flexibility index (Phi) is 6.39. The van der Waals surface area contributed by atoms with E-state index in [-0.39, 0.29) is 6.61 Å². The lowest BCUT2D eigenvalue weighted by Gasteiger charge is -2.05. The van der Waals surface area contributed by atoms with Crippen LogP contribution in [0.3, 0.4) is 0 Å². The zero-order valence-electron chi connectivity index (χ0n) is 11.9. The molecule has 0 spiro atoms. The number of benzene rings is 1. The summed E-state index contributed by atoms with van der Waals surface area (Å²) in [6.07, 6.45) is 3.96. The summed E-state index contributed by atoms with van der Waals surface area (Å²) in [4.78, 5) is 11.5. The number of rotatable bonds is 6. The van der Waals surface area contributed by atoms with E-state index in [1.54, 1.807) is 12.1 Å². The fourth-order valence-corrected chi connectivity index (χ4v) is 1.75. The molecule has 1 heterocycles. The third kappa shape index (κ3) is 5.93. The van der Waals surface area contributed by atoms with Gasteiger partial charge >= 0.3 is 6.09 Å². The summed E-state index contributed by atoms with van der Waals surface area (Å²) < 4.78 is 5.09. The number of ether oxygens (including phenoxy) is 1. The van der Waals surface area contributed by atoms with Crippen molar-refractivity contribution < 1.29 is 9.53 Å². The van der Waals surface area contributed by atoms with Gasteiger partial charge in [-0.05, 0) is 30.2 Å². The van der Waals surface area contributed by atoms with Gasteiger partial charge in [-0.3, -0.25) is 0 Å². The number of amides is 1. The van der Waals surface area contributed by atoms with Crippen LogP contribution in [0.5, 0.6) is 0 Å². The van der Waals surface area contributed by atoms with Gasteiger partial charge in [-0.15, -0.1) is 10.2 Å². The lowest BCUT2D eigenvalue weighted by molar-refractivity contribution is 0.140. The Hall–Kier alpha value is -2.40. The van der Waals surface area contributed by atoms with E-state index >= 15 is 0 Å². The first-order chi connectivity index (χ1) is 10.7. The summed E-state index contributed by atoms with van der Waals surface area (Å²) in [5, 5.41) is 10.7. The van der Waals surface area contributed by atoms with Crippen LogP contribution in [0, 0.1) is 0 Å². The number of nitrogens with zero attached hydrogens (tertiary/aromatic N) is 2. The summed E-state index contributed by atoms with van der Waals surface area (Å²) in [5.41, 5.74) is 1.68. The molecule has 2 rings (SSSR count). The van der Waals surface area contributed by atoms with Crippen molar-refractivity contribution >= 4 is 23.8 Å². The van der Waals surface area contributed by atoms with E-state index in [1.807, 2.05) is 42.5 Å². The lowest BCUT2D eigenvalue weighted by Crippen LogP contribution is -2.24. The minimum atomic E-state index is -0.427. The normalized spacial score (nSPS) is 10.6. The largest absolute Gasteiger partial charge is 0.445 e. The van der Waals surface area contributed by atoms with Crippen molar-refractivity contribution in [2.75, 3.05) is 6.54 Å². The fraction of sp³-hybridized carbons (Fsp3) is 0.188. The van der Waals surface area contributed by atoms with Gasteiger partial charge in [-0.2, -0.15) is 0 Å². The molecule has 0 atom stereocenters. The second-order valence-corrected chi connectivity index (χ2v) is 4.85. The summed E-state index contributed by atoms with van der Waals surface area (Å²) >= 11 is 5.65. The highest BCUT2D eigenvalue weighted by Gasteiger charge is 2.00. The van der Waals surface area contributed by atoms with Gasteiger partial charge in [0.05, 0.1) is 5.69 Å². The average molecular weight is 318 g/mol. The molecule has 0 bridgehead atoms. The molecule has 1 aromatic heterocycles. The maximum Gasteiger partial charge on any atom is 0.407 e. The van der Waals surface area contributed by atoms with E-state index in [0.29, 0.717) is 18.1 Å². The molecule has 1 amide bonds. The van der Waals surface area contributed by atoms with Crippen LogP contribution in [0.2, 0.25) is 5.15 Å². The Morgan fingerprint density at radius 2 is 2.00 bits per heavy atom. The number of nitrogens with one attached hydrogen (secondary N) is 1. The molecule has 0 aliphatic rings. The predicted molar refractivity (Wildman–Crippen MR) is 85.3 cm³/mol. The number of hydrogen-bond donors (Lipinski definition) is 1. The van der Waals surface area contributed by atoms with Crippen molar-refractivity contribution in [1.29, 1.82) is 0 Å². The SMILES string of the molecule is O=C(NCCC=Cc1ccc(Cl)nn1)OCc1ccccc1. The van der Waals surface area contributed by atoms with Crippen LogP contribution < -0.4 is 5.32 Å². The molecule has 1 N–H and O–H groups in total. The van der Waals surface area contributed by atoms with E-state index < -0.39 is 6.09 Å². The standard InChI is InChI=1S/C16H16ClN3O2/c17-15-10-9-14(19-20-15)8-4-5-11-18-16(21)22-12-13-6-2-1-3-7-13/h1-4,6-10H,5,11-12H2,(H,18,21).